The topological polar surface area (TPSA) is 95.0 Å². The van der Waals surface area contributed by atoms with Crippen molar-refractivity contribution in [3.63, 3.8) is 0 Å². The van der Waals surface area contributed by atoms with Gasteiger partial charge in [0.15, 0.2) is 0 Å². The van der Waals surface area contributed by atoms with Gasteiger partial charge in [-0.25, -0.2) is 4.98 Å². The summed E-state index contributed by atoms with van der Waals surface area (Å²) >= 11 is 0. The van der Waals surface area contributed by atoms with E-state index in [1.807, 2.05) is 91.0 Å². The van der Waals surface area contributed by atoms with Crippen LogP contribution in [0.25, 0.3) is 0 Å². The molecule has 0 aliphatic carbocycles. The molecule has 43 heavy (non-hydrogen) atoms. The number of aromatic nitrogens is 2. The summed E-state index contributed by atoms with van der Waals surface area (Å²) in [6, 6.07) is 28.8. The van der Waals surface area contributed by atoms with Crippen molar-refractivity contribution >= 4 is 5.82 Å². The zero-order valence-electron chi connectivity index (χ0n) is 23.6. The van der Waals surface area contributed by atoms with Gasteiger partial charge in [-0.2, -0.15) is 8.78 Å². The average molecular weight is 592 g/mol. The molecule has 226 valence electrons. The number of aliphatic hydroxyl groups excluding tert-OH is 1. The number of hydrogen-bond acceptors (Lipinski definition) is 8. The van der Waals surface area contributed by atoms with Gasteiger partial charge in [-0.1, -0.05) is 91.0 Å². The van der Waals surface area contributed by atoms with Crippen LogP contribution in [0.15, 0.2) is 103 Å². The van der Waals surface area contributed by atoms with Gasteiger partial charge in [-0.05, 0) is 16.7 Å². The first-order valence-corrected chi connectivity index (χ1v) is 14.1. The van der Waals surface area contributed by atoms with Gasteiger partial charge in [0.05, 0.1) is 51.5 Å². The quantitative estimate of drug-likeness (QED) is 0.209. The molecule has 1 aliphatic heterocycles. The second kappa shape index (κ2) is 15.1. The number of halogens is 2. The Bertz CT molecular complexity index is 1390. The van der Waals surface area contributed by atoms with Gasteiger partial charge in [0.25, 0.3) is 0 Å². The molecule has 3 aromatic carbocycles. The molecule has 10 heteroatoms. The van der Waals surface area contributed by atoms with E-state index < -0.39 is 42.6 Å². The molecular formula is C33H35F2N3O5. The lowest BCUT2D eigenvalue weighted by atomic mass is 9.97. The lowest BCUT2D eigenvalue weighted by Gasteiger charge is -2.42. The first-order chi connectivity index (χ1) is 21.0. The van der Waals surface area contributed by atoms with Gasteiger partial charge in [0.2, 0.25) is 0 Å². The first-order valence-electron chi connectivity index (χ1n) is 14.1. The third kappa shape index (κ3) is 8.62. The summed E-state index contributed by atoms with van der Waals surface area (Å²) < 4.78 is 53.7. The zero-order chi connectivity index (χ0) is 29.9. The van der Waals surface area contributed by atoms with E-state index in [9.17, 15) is 8.78 Å². The van der Waals surface area contributed by atoms with E-state index in [-0.39, 0.29) is 19.0 Å². The van der Waals surface area contributed by atoms with Crippen molar-refractivity contribution in [2.45, 2.75) is 50.1 Å². The highest BCUT2D eigenvalue weighted by atomic mass is 19.3. The summed E-state index contributed by atoms with van der Waals surface area (Å²) in [5.74, 6) is -3.42. The molecule has 1 fully saturated rings. The number of nitrogens with zero attached hydrogens (tertiary/aromatic N) is 2. The molecule has 5 rings (SSSR count). The Kier molecular flexibility index (Phi) is 10.8. The molecule has 0 spiro atoms. The fraction of sp³-hybridized carbons (Fsp3) is 0.333. The number of ether oxygens (including phenoxy) is 4. The molecule has 4 aromatic rings. The number of anilines is 1. The summed E-state index contributed by atoms with van der Waals surface area (Å²) in [4.78, 5) is 7.94. The van der Waals surface area contributed by atoms with Crippen LogP contribution in [0.5, 0.6) is 0 Å². The molecule has 1 aliphatic rings. The van der Waals surface area contributed by atoms with Gasteiger partial charge < -0.3 is 29.4 Å². The SMILES string of the molecule is OCC(F)(F)c1cncc(N[C@H]2CO[C@H](COCc3ccccc3)[C@H](OCc3ccccc3)[C@@H]2OCc2ccccc2)n1. The number of nitrogens with one attached hydrogen (secondary N) is 1. The van der Waals surface area contributed by atoms with Crippen LogP contribution < -0.4 is 5.32 Å². The molecule has 0 saturated carbocycles. The number of alkyl halides is 2. The Morgan fingerprint density at radius 1 is 0.791 bits per heavy atom. The minimum Gasteiger partial charge on any atom is -0.390 e. The van der Waals surface area contributed by atoms with Crippen LogP contribution in [0.3, 0.4) is 0 Å². The standard InChI is InChI=1S/C33H35F2N3O5/c34-33(35,23-39)29-16-36-17-30(38-29)37-27-21-41-28(22-40-18-24-10-4-1-5-11-24)32(43-20-26-14-8-3-9-15-26)31(27)42-19-25-12-6-2-7-13-25/h1-17,27-28,31-32,39H,18-23H2,(H,37,38)/t27-,28+,31+,32-/m0/s1. The summed E-state index contributed by atoms with van der Waals surface area (Å²) in [5.41, 5.74) is 2.35. The largest absolute Gasteiger partial charge is 0.390 e. The van der Waals surface area contributed by atoms with E-state index in [4.69, 9.17) is 24.1 Å². The molecule has 0 bridgehead atoms. The van der Waals surface area contributed by atoms with E-state index in [0.29, 0.717) is 19.8 Å². The highest BCUT2D eigenvalue weighted by Crippen LogP contribution is 2.29. The first kappa shape index (κ1) is 30.7. The minimum atomic E-state index is -3.53. The number of hydrogen-bond donors (Lipinski definition) is 2. The Morgan fingerprint density at radius 3 is 1.93 bits per heavy atom. The number of aliphatic hydroxyl groups is 1. The summed E-state index contributed by atoms with van der Waals surface area (Å²) in [7, 11) is 0. The van der Waals surface area contributed by atoms with E-state index >= 15 is 0 Å². The molecule has 4 atom stereocenters. The van der Waals surface area contributed by atoms with Crippen molar-refractivity contribution in [3.8, 4) is 0 Å². The fourth-order valence-electron chi connectivity index (χ4n) is 4.82. The average Bonchev–Trinajstić information content (AvgIpc) is 3.05. The fourth-order valence-corrected chi connectivity index (χ4v) is 4.82. The maximum atomic E-state index is 14.2. The van der Waals surface area contributed by atoms with E-state index in [1.165, 1.54) is 6.20 Å². The lowest BCUT2D eigenvalue weighted by molar-refractivity contribution is -0.201. The van der Waals surface area contributed by atoms with Crippen LogP contribution in [0.1, 0.15) is 22.4 Å². The third-order valence-corrected chi connectivity index (χ3v) is 7.08. The van der Waals surface area contributed by atoms with Crippen molar-refractivity contribution < 1.29 is 32.8 Å². The molecule has 1 saturated heterocycles. The van der Waals surface area contributed by atoms with E-state index in [0.717, 1.165) is 22.9 Å². The van der Waals surface area contributed by atoms with Gasteiger partial charge in [-0.3, -0.25) is 4.98 Å². The number of rotatable bonds is 14. The molecule has 2 heterocycles. The van der Waals surface area contributed by atoms with Crippen LogP contribution in [-0.4, -0.2) is 59.2 Å². The molecule has 8 nitrogen and oxygen atoms in total. The molecule has 1 aromatic heterocycles. The van der Waals surface area contributed by atoms with Crippen molar-refractivity contribution in [3.05, 3.63) is 126 Å². The second-order valence-electron chi connectivity index (χ2n) is 10.3. The molecule has 0 unspecified atom stereocenters. The number of benzene rings is 3. The Morgan fingerprint density at radius 2 is 1.35 bits per heavy atom. The van der Waals surface area contributed by atoms with Crippen molar-refractivity contribution in [2.24, 2.45) is 0 Å². The monoisotopic (exact) mass is 591 g/mol. The summed E-state index contributed by atoms with van der Waals surface area (Å²) in [6.07, 6.45) is 0.656. The lowest BCUT2D eigenvalue weighted by Crippen LogP contribution is -2.59. The maximum absolute atomic E-state index is 14.2. The molecule has 0 radical (unpaired) electrons. The van der Waals surface area contributed by atoms with Crippen LogP contribution in [0.4, 0.5) is 14.6 Å². The Hall–Kier alpha value is -3.80. The Labute approximate surface area is 249 Å². The van der Waals surface area contributed by atoms with Crippen LogP contribution in [-0.2, 0) is 44.7 Å². The smallest absolute Gasteiger partial charge is 0.313 e. The normalized spacial score (nSPS) is 20.5. The summed E-state index contributed by atoms with van der Waals surface area (Å²) in [5, 5.41) is 12.3. The maximum Gasteiger partial charge on any atom is 0.313 e. The zero-order valence-corrected chi connectivity index (χ0v) is 23.6. The second-order valence-corrected chi connectivity index (χ2v) is 10.3. The Balaban J connectivity index is 1.38. The third-order valence-electron chi connectivity index (χ3n) is 7.08. The van der Waals surface area contributed by atoms with Crippen LogP contribution >= 0.6 is 0 Å². The van der Waals surface area contributed by atoms with E-state index in [2.05, 4.69) is 15.3 Å². The molecule has 2 N–H and O–H groups in total. The molecular weight excluding hydrogens is 556 g/mol. The molecule has 0 amide bonds. The van der Waals surface area contributed by atoms with Crippen LogP contribution in [0, 0.1) is 0 Å². The minimum absolute atomic E-state index is 0.105. The predicted molar refractivity (Wildman–Crippen MR) is 156 cm³/mol. The van der Waals surface area contributed by atoms with Crippen LogP contribution in [0.2, 0.25) is 0 Å². The van der Waals surface area contributed by atoms with Crippen molar-refractivity contribution in [1.29, 1.82) is 0 Å². The van der Waals surface area contributed by atoms with Gasteiger partial charge in [0.1, 0.15) is 36.4 Å². The predicted octanol–water partition coefficient (Wildman–Crippen LogP) is 5.13. The van der Waals surface area contributed by atoms with Gasteiger partial charge in [-0.15, -0.1) is 0 Å². The van der Waals surface area contributed by atoms with E-state index in [1.54, 1.807) is 0 Å². The van der Waals surface area contributed by atoms with Gasteiger partial charge in [0, 0.05) is 0 Å². The highest BCUT2D eigenvalue weighted by molar-refractivity contribution is 5.35. The van der Waals surface area contributed by atoms with Crippen molar-refractivity contribution in [1.82, 2.24) is 9.97 Å². The highest BCUT2D eigenvalue weighted by Gasteiger charge is 2.43. The summed E-state index contributed by atoms with van der Waals surface area (Å²) in [6.45, 7) is 0.0582. The van der Waals surface area contributed by atoms with Gasteiger partial charge >= 0.3 is 5.92 Å². The van der Waals surface area contributed by atoms with Crippen molar-refractivity contribution in [2.75, 3.05) is 25.1 Å².